The van der Waals surface area contributed by atoms with Gasteiger partial charge in [-0.3, -0.25) is 0 Å². The number of benzene rings is 4. The zero-order valence-corrected chi connectivity index (χ0v) is 17.4. The molecule has 138 valence electrons. The first kappa shape index (κ1) is 18.9. The van der Waals surface area contributed by atoms with E-state index >= 15 is 0 Å². The molecule has 1 nitrogen and oxygen atoms in total. The Bertz CT molecular complexity index is 1080. The van der Waals surface area contributed by atoms with Crippen LogP contribution in [0.15, 0.2) is 108 Å². The van der Waals surface area contributed by atoms with Gasteiger partial charge in [-0.1, -0.05) is 106 Å². The molecule has 28 heavy (non-hydrogen) atoms. The second kappa shape index (κ2) is 7.92. The highest BCUT2D eigenvalue weighted by Crippen LogP contribution is 2.42. The molecule has 4 rings (SSSR count). The van der Waals surface area contributed by atoms with Crippen molar-refractivity contribution in [3.05, 3.63) is 129 Å². The molecule has 1 atom stereocenters. The fourth-order valence-electron chi connectivity index (χ4n) is 3.54. The van der Waals surface area contributed by atoms with E-state index in [1.165, 1.54) is 0 Å². The average Bonchev–Trinajstić information content (AvgIpc) is 2.75. The fourth-order valence-corrected chi connectivity index (χ4v) is 4.02. The molecule has 0 heterocycles. The van der Waals surface area contributed by atoms with Crippen molar-refractivity contribution < 1.29 is 5.11 Å². The Labute approximate surface area is 178 Å². The molecule has 0 aliphatic heterocycles. The number of hydrogen-bond acceptors (Lipinski definition) is 1. The molecule has 0 spiro atoms. The van der Waals surface area contributed by atoms with E-state index in [-0.39, 0.29) is 0 Å². The van der Waals surface area contributed by atoms with Crippen molar-refractivity contribution in [2.45, 2.75) is 5.60 Å². The van der Waals surface area contributed by atoms with E-state index in [2.05, 4.69) is 34.1 Å². The van der Waals surface area contributed by atoms with E-state index in [1.807, 2.05) is 84.9 Å². The van der Waals surface area contributed by atoms with Crippen LogP contribution in [-0.2, 0) is 5.60 Å². The predicted octanol–water partition coefficient (Wildman–Crippen LogP) is 7.05. The molecule has 0 aliphatic carbocycles. The van der Waals surface area contributed by atoms with Crippen molar-refractivity contribution in [1.29, 1.82) is 0 Å². The molecule has 4 aromatic rings. The van der Waals surface area contributed by atoms with Crippen molar-refractivity contribution in [2.75, 3.05) is 0 Å². The Morgan fingerprint density at radius 2 is 1.25 bits per heavy atom. The molecular weight excluding hydrogens is 432 g/mol. The van der Waals surface area contributed by atoms with Gasteiger partial charge in [0.15, 0.2) is 0 Å². The summed E-state index contributed by atoms with van der Waals surface area (Å²) in [6.07, 6.45) is 0. The molecule has 0 fully saturated rings. The summed E-state index contributed by atoms with van der Waals surface area (Å²) < 4.78 is 0.960. The summed E-state index contributed by atoms with van der Waals surface area (Å²) in [5.74, 6) is 0. The standard InChI is InChI=1S/C25H18BrClO/c26-21-13-16-24(23(17-21)18-7-3-1-4-8-18)25(28,19-9-5-2-6-10-19)20-11-14-22(27)15-12-20/h1-17,28H. The highest BCUT2D eigenvalue weighted by Gasteiger charge is 2.36. The van der Waals surface area contributed by atoms with E-state index in [0.717, 1.165) is 32.3 Å². The third kappa shape index (κ3) is 3.51. The van der Waals surface area contributed by atoms with Gasteiger partial charge in [0, 0.05) is 15.1 Å². The molecule has 0 radical (unpaired) electrons. The maximum absolute atomic E-state index is 12.2. The first-order chi connectivity index (χ1) is 13.6. The molecule has 1 unspecified atom stereocenters. The number of rotatable bonds is 4. The Morgan fingerprint density at radius 3 is 1.89 bits per heavy atom. The van der Waals surface area contributed by atoms with Crippen LogP contribution in [0.1, 0.15) is 16.7 Å². The van der Waals surface area contributed by atoms with Crippen LogP contribution in [-0.4, -0.2) is 5.11 Å². The largest absolute Gasteiger partial charge is 0.376 e. The van der Waals surface area contributed by atoms with Crippen molar-refractivity contribution in [3.8, 4) is 11.1 Å². The SMILES string of the molecule is OC(c1ccccc1)(c1ccc(Cl)cc1)c1ccc(Br)cc1-c1ccccc1. The summed E-state index contributed by atoms with van der Waals surface area (Å²) in [5.41, 5.74) is 3.07. The first-order valence-corrected chi connectivity index (χ1v) is 10.2. The summed E-state index contributed by atoms with van der Waals surface area (Å²) in [6, 6.07) is 33.2. The maximum atomic E-state index is 12.2. The first-order valence-electron chi connectivity index (χ1n) is 8.98. The van der Waals surface area contributed by atoms with Crippen molar-refractivity contribution >= 4 is 27.5 Å². The quantitative estimate of drug-likeness (QED) is 0.331. The lowest BCUT2D eigenvalue weighted by Crippen LogP contribution is -2.29. The van der Waals surface area contributed by atoms with Gasteiger partial charge >= 0.3 is 0 Å². The second-order valence-corrected chi connectivity index (χ2v) is 7.99. The Morgan fingerprint density at radius 1 is 0.679 bits per heavy atom. The molecule has 0 aliphatic rings. The van der Waals surface area contributed by atoms with Crippen LogP contribution in [0.5, 0.6) is 0 Å². The van der Waals surface area contributed by atoms with E-state index in [1.54, 1.807) is 0 Å². The number of aliphatic hydroxyl groups is 1. The molecule has 0 bridgehead atoms. The van der Waals surface area contributed by atoms with Crippen LogP contribution in [0.2, 0.25) is 5.02 Å². The van der Waals surface area contributed by atoms with E-state index in [9.17, 15) is 5.11 Å². The topological polar surface area (TPSA) is 20.2 Å². The zero-order valence-electron chi connectivity index (χ0n) is 15.0. The van der Waals surface area contributed by atoms with Gasteiger partial charge in [0.25, 0.3) is 0 Å². The minimum Gasteiger partial charge on any atom is -0.376 e. The van der Waals surface area contributed by atoms with Crippen LogP contribution < -0.4 is 0 Å². The van der Waals surface area contributed by atoms with Crippen molar-refractivity contribution in [1.82, 2.24) is 0 Å². The highest BCUT2D eigenvalue weighted by atomic mass is 79.9. The second-order valence-electron chi connectivity index (χ2n) is 6.64. The summed E-state index contributed by atoms with van der Waals surface area (Å²) in [6.45, 7) is 0. The van der Waals surface area contributed by atoms with Gasteiger partial charge in [0.2, 0.25) is 0 Å². The lowest BCUT2D eigenvalue weighted by molar-refractivity contribution is 0.126. The number of halogens is 2. The molecule has 3 heteroatoms. The molecule has 0 saturated carbocycles. The van der Waals surface area contributed by atoms with E-state index in [0.29, 0.717) is 5.02 Å². The Hall–Kier alpha value is -2.39. The van der Waals surface area contributed by atoms with Gasteiger partial charge in [-0.25, -0.2) is 0 Å². The van der Waals surface area contributed by atoms with E-state index < -0.39 is 5.60 Å². The molecule has 0 saturated heterocycles. The summed E-state index contributed by atoms with van der Waals surface area (Å²) in [5, 5.41) is 12.8. The molecule has 0 aromatic heterocycles. The van der Waals surface area contributed by atoms with Gasteiger partial charge in [-0.2, -0.15) is 0 Å². The van der Waals surface area contributed by atoms with Crippen LogP contribution in [0.4, 0.5) is 0 Å². The smallest absolute Gasteiger partial charge is 0.141 e. The predicted molar refractivity (Wildman–Crippen MR) is 120 cm³/mol. The lowest BCUT2D eigenvalue weighted by Gasteiger charge is -2.32. The third-order valence-electron chi connectivity index (χ3n) is 4.91. The summed E-state index contributed by atoms with van der Waals surface area (Å²) >= 11 is 9.70. The van der Waals surface area contributed by atoms with Gasteiger partial charge < -0.3 is 5.11 Å². The van der Waals surface area contributed by atoms with Crippen molar-refractivity contribution in [3.63, 3.8) is 0 Å². The van der Waals surface area contributed by atoms with Crippen molar-refractivity contribution in [2.24, 2.45) is 0 Å². The van der Waals surface area contributed by atoms with Crippen LogP contribution in [0.3, 0.4) is 0 Å². The van der Waals surface area contributed by atoms with Gasteiger partial charge in [0.1, 0.15) is 5.60 Å². The maximum Gasteiger partial charge on any atom is 0.141 e. The van der Waals surface area contributed by atoms with Crippen LogP contribution in [0, 0.1) is 0 Å². The Kier molecular flexibility index (Phi) is 5.36. The highest BCUT2D eigenvalue weighted by molar-refractivity contribution is 9.10. The zero-order chi connectivity index (χ0) is 19.6. The number of hydrogen-bond donors (Lipinski definition) is 1. The minimum absolute atomic E-state index is 0.637. The molecule has 4 aromatic carbocycles. The summed E-state index contributed by atoms with van der Waals surface area (Å²) in [7, 11) is 0. The van der Waals surface area contributed by atoms with E-state index in [4.69, 9.17) is 11.6 Å². The average molecular weight is 450 g/mol. The monoisotopic (exact) mass is 448 g/mol. The van der Waals surface area contributed by atoms with Gasteiger partial charge in [-0.05, 0) is 46.5 Å². The summed E-state index contributed by atoms with van der Waals surface area (Å²) in [4.78, 5) is 0. The third-order valence-corrected chi connectivity index (χ3v) is 5.65. The Balaban J connectivity index is 2.03. The van der Waals surface area contributed by atoms with Crippen LogP contribution in [0.25, 0.3) is 11.1 Å². The molecule has 1 N–H and O–H groups in total. The van der Waals surface area contributed by atoms with Gasteiger partial charge in [-0.15, -0.1) is 0 Å². The fraction of sp³-hybridized carbons (Fsp3) is 0.0400. The normalized spacial score (nSPS) is 13.1. The molecule has 0 amide bonds. The van der Waals surface area contributed by atoms with Crippen LogP contribution >= 0.6 is 27.5 Å². The van der Waals surface area contributed by atoms with Gasteiger partial charge in [0.05, 0.1) is 0 Å². The molecular formula is C25H18BrClO. The lowest BCUT2D eigenvalue weighted by atomic mass is 9.77. The minimum atomic E-state index is -1.32.